The second-order valence-electron chi connectivity index (χ2n) is 4.56. The average molecular weight is 358 g/mol. The third kappa shape index (κ3) is 1.66. The SMILES string of the molecule is O=C(O)CN1CC2CC(=O)N(I)c3cccc1c32. The van der Waals surface area contributed by atoms with Crippen LogP contribution in [-0.4, -0.2) is 30.1 Å². The molecule has 1 N–H and O–H groups in total. The van der Waals surface area contributed by atoms with E-state index < -0.39 is 5.97 Å². The molecule has 0 aliphatic carbocycles. The second-order valence-corrected chi connectivity index (χ2v) is 5.52. The first kappa shape index (κ1) is 11.8. The molecule has 94 valence electrons. The highest BCUT2D eigenvalue weighted by Crippen LogP contribution is 2.47. The molecule has 1 atom stereocenters. The van der Waals surface area contributed by atoms with Crippen molar-refractivity contribution >= 4 is 46.1 Å². The summed E-state index contributed by atoms with van der Waals surface area (Å²) in [6.45, 7) is 0.608. The van der Waals surface area contributed by atoms with E-state index in [1.807, 2.05) is 46.0 Å². The molecule has 0 saturated carbocycles. The van der Waals surface area contributed by atoms with Crippen LogP contribution in [0.15, 0.2) is 18.2 Å². The number of hydrogen-bond acceptors (Lipinski definition) is 3. The van der Waals surface area contributed by atoms with Crippen molar-refractivity contribution in [3.05, 3.63) is 23.8 Å². The minimum atomic E-state index is -0.844. The van der Waals surface area contributed by atoms with Crippen LogP contribution in [0.1, 0.15) is 17.9 Å². The Morgan fingerprint density at radius 2 is 2.17 bits per heavy atom. The topological polar surface area (TPSA) is 60.9 Å². The van der Waals surface area contributed by atoms with Crippen LogP contribution in [0.4, 0.5) is 11.4 Å². The zero-order valence-corrected chi connectivity index (χ0v) is 11.6. The molecule has 0 radical (unpaired) electrons. The number of anilines is 2. The molecule has 0 fully saturated rings. The molecule has 1 unspecified atom stereocenters. The van der Waals surface area contributed by atoms with Gasteiger partial charge < -0.3 is 10.0 Å². The van der Waals surface area contributed by atoms with Crippen LogP contribution in [0.25, 0.3) is 0 Å². The van der Waals surface area contributed by atoms with Crippen LogP contribution >= 0.6 is 22.9 Å². The van der Waals surface area contributed by atoms with Crippen molar-refractivity contribution < 1.29 is 14.7 Å². The van der Waals surface area contributed by atoms with Gasteiger partial charge in [0.15, 0.2) is 0 Å². The summed E-state index contributed by atoms with van der Waals surface area (Å²) in [6, 6.07) is 5.72. The summed E-state index contributed by atoms with van der Waals surface area (Å²) in [7, 11) is 0. The van der Waals surface area contributed by atoms with Crippen molar-refractivity contribution in [3.63, 3.8) is 0 Å². The van der Waals surface area contributed by atoms with Crippen LogP contribution in [0.3, 0.4) is 0 Å². The molecule has 1 amide bonds. The normalized spacial score (nSPS) is 21.2. The monoisotopic (exact) mass is 358 g/mol. The third-order valence-electron chi connectivity index (χ3n) is 3.43. The van der Waals surface area contributed by atoms with E-state index in [0.717, 1.165) is 16.9 Å². The highest BCUT2D eigenvalue weighted by atomic mass is 127. The summed E-state index contributed by atoms with van der Waals surface area (Å²) in [4.78, 5) is 24.6. The van der Waals surface area contributed by atoms with Gasteiger partial charge in [0.2, 0.25) is 5.91 Å². The van der Waals surface area contributed by atoms with Gasteiger partial charge in [0.25, 0.3) is 0 Å². The van der Waals surface area contributed by atoms with E-state index in [9.17, 15) is 9.59 Å². The van der Waals surface area contributed by atoms with Crippen molar-refractivity contribution in [2.45, 2.75) is 12.3 Å². The number of aliphatic carboxylic acids is 1. The lowest BCUT2D eigenvalue weighted by molar-refractivity contribution is -0.135. The van der Waals surface area contributed by atoms with Gasteiger partial charge in [-0.15, -0.1) is 0 Å². The Morgan fingerprint density at radius 3 is 2.89 bits per heavy atom. The fourth-order valence-corrected chi connectivity index (χ4v) is 3.38. The number of nitrogens with zero attached hydrogens (tertiary/aromatic N) is 2. The number of hydrogen-bond donors (Lipinski definition) is 1. The van der Waals surface area contributed by atoms with Crippen LogP contribution in [-0.2, 0) is 9.59 Å². The molecule has 5 nitrogen and oxygen atoms in total. The molecule has 2 aliphatic heterocycles. The summed E-state index contributed by atoms with van der Waals surface area (Å²) in [6.07, 6.45) is 0.461. The zero-order chi connectivity index (χ0) is 12.9. The highest BCUT2D eigenvalue weighted by molar-refractivity contribution is 14.1. The molecule has 0 saturated heterocycles. The maximum absolute atomic E-state index is 11.9. The van der Waals surface area contributed by atoms with E-state index in [4.69, 9.17) is 5.11 Å². The lowest BCUT2D eigenvalue weighted by Gasteiger charge is -2.26. The van der Waals surface area contributed by atoms with E-state index in [1.165, 1.54) is 0 Å². The van der Waals surface area contributed by atoms with Crippen molar-refractivity contribution in [3.8, 4) is 0 Å². The van der Waals surface area contributed by atoms with E-state index >= 15 is 0 Å². The Balaban J connectivity index is 2.07. The van der Waals surface area contributed by atoms with Gasteiger partial charge >= 0.3 is 5.97 Å². The van der Waals surface area contributed by atoms with Crippen molar-refractivity contribution in [2.24, 2.45) is 0 Å². The Bertz CT molecular complexity index is 546. The first-order valence-electron chi connectivity index (χ1n) is 5.66. The Morgan fingerprint density at radius 1 is 1.44 bits per heavy atom. The van der Waals surface area contributed by atoms with E-state index in [2.05, 4.69) is 0 Å². The molecule has 2 heterocycles. The number of amides is 1. The van der Waals surface area contributed by atoms with Crippen LogP contribution in [0, 0.1) is 0 Å². The highest BCUT2D eigenvalue weighted by Gasteiger charge is 2.39. The number of carbonyl (C=O) groups is 2. The quantitative estimate of drug-likeness (QED) is 0.647. The number of rotatable bonds is 2. The van der Waals surface area contributed by atoms with Crippen LogP contribution in [0.2, 0.25) is 0 Å². The minimum Gasteiger partial charge on any atom is -0.480 e. The average Bonchev–Trinajstić information content (AvgIpc) is 2.65. The molecule has 1 aromatic carbocycles. The minimum absolute atomic E-state index is 0.0115. The second kappa shape index (κ2) is 4.11. The molecule has 0 spiro atoms. The number of benzene rings is 1. The van der Waals surface area contributed by atoms with E-state index in [-0.39, 0.29) is 18.4 Å². The van der Waals surface area contributed by atoms with Crippen molar-refractivity contribution in [2.75, 3.05) is 21.1 Å². The first-order chi connectivity index (χ1) is 8.58. The number of carboxylic acids is 1. The molecule has 1 aromatic rings. The van der Waals surface area contributed by atoms with Crippen LogP contribution < -0.4 is 8.01 Å². The molecule has 18 heavy (non-hydrogen) atoms. The molecule has 6 heteroatoms. The van der Waals surface area contributed by atoms with Crippen molar-refractivity contribution in [1.29, 1.82) is 0 Å². The summed E-state index contributed by atoms with van der Waals surface area (Å²) in [5.74, 6) is -0.625. The molecular weight excluding hydrogens is 347 g/mol. The largest absolute Gasteiger partial charge is 0.480 e. The molecule has 0 aromatic heterocycles. The Hall–Kier alpha value is -1.31. The van der Waals surface area contributed by atoms with Gasteiger partial charge in [0, 0.05) is 30.1 Å². The first-order valence-corrected chi connectivity index (χ1v) is 6.63. The lowest BCUT2D eigenvalue weighted by atomic mass is 9.92. The van der Waals surface area contributed by atoms with Gasteiger partial charge in [-0.3, -0.25) is 12.7 Å². The predicted molar refractivity (Wildman–Crippen MR) is 75.2 cm³/mol. The fourth-order valence-electron chi connectivity index (χ4n) is 2.77. The van der Waals surface area contributed by atoms with Gasteiger partial charge in [-0.05, 0) is 12.1 Å². The summed E-state index contributed by atoms with van der Waals surface area (Å²) >= 11 is 2.01. The number of carboxylic acid groups (broad SMARTS) is 1. The number of halogens is 1. The van der Waals surface area contributed by atoms with Gasteiger partial charge in [0.05, 0.1) is 28.6 Å². The van der Waals surface area contributed by atoms with Gasteiger partial charge in [-0.1, -0.05) is 6.07 Å². The maximum Gasteiger partial charge on any atom is 0.323 e. The fraction of sp³-hybridized carbons (Fsp3) is 0.333. The van der Waals surface area contributed by atoms with E-state index in [1.54, 1.807) is 3.11 Å². The Kier molecular flexibility index (Phi) is 2.69. The van der Waals surface area contributed by atoms with E-state index in [0.29, 0.717) is 13.0 Å². The Labute approximate surface area is 118 Å². The predicted octanol–water partition coefficient (Wildman–Crippen LogP) is 1.76. The molecule has 0 bridgehead atoms. The molecular formula is C12H11IN2O3. The van der Waals surface area contributed by atoms with Gasteiger partial charge in [-0.2, -0.15) is 0 Å². The van der Waals surface area contributed by atoms with Gasteiger partial charge in [0.1, 0.15) is 6.54 Å². The summed E-state index contributed by atoms with van der Waals surface area (Å²) in [5, 5.41) is 8.93. The standard InChI is InChI=1S/C12H11IN2O3/c13-15-9-3-1-2-8-12(9)7(4-10(15)16)5-14(8)6-11(17)18/h1-3,7H,4-6H2,(H,17,18). The summed E-state index contributed by atoms with van der Waals surface area (Å²) < 4.78 is 1.64. The van der Waals surface area contributed by atoms with Crippen molar-refractivity contribution in [1.82, 2.24) is 0 Å². The maximum atomic E-state index is 11.9. The lowest BCUT2D eigenvalue weighted by Crippen LogP contribution is -2.31. The molecule has 2 aliphatic rings. The smallest absolute Gasteiger partial charge is 0.323 e. The van der Waals surface area contributed by atoms with Gasteiger partial charge in [-0.25, -0.2) is 0 Å². The molecule has 3 rings (SSSR count). The van der Waals surface area contributed by atoms with Crippen LogP contribution in [0.5, 0.6) is 0 Å². The zero-order valence-electron chi connectivity index (χ0n) is 9.47. The number of carbonyl (C=O) groups excluding carboxylic acids is 1. The third-order valence-corrected chi connectivity index (χ3v) is 4.49. The summed E-state index contributed by atoms with van der Waals surface area (Å²) in [5.41, 5.74) is 2.98.